The minimum atomic E-state index is 0.422. The first-order valence-electron chi connectivity index (χ1n) is 6.72. The van der Waals surface area contributed by atoms with Gasteiger partial charge in [-0.1, -0.05) is 0 Å². The van der Waals surface area contributed by atoms with E-state index in [4.69, 9.17) is 0 Å². The van der Waals surface area contributed by atoms with E-state index in [9.17, 15) is 0 Å². The van der Waals surface area contributed by atoms with Crippen LogP contribution in [0.5, 0.6) is 0 Å². The molecule has 0 aromatic carbocycles. The number of imidazole rings is 1. The van der Waals surface area contributed by atoms with Crippen LogP contribution in [0.4, 0.5) is 0 Å². The normalized spacial score (nSPS) is 11.5. The highest BCUT2D eigenvalue weighted by molar-refractivity contribution is 5.25. The van der Waals surface area contributed by atoms with E-state index < -0.39 is 0 Å². The fourth-order valence-electron chi connectivity index (χ4n) is 2.39. The van der Waals surface area contributed by atoms with E-state index in [1.165, 1.54) is 17.0 Å². The van der Waals surface area contributed by atoms with Crippen LogP contribution in [0, 0.1) is 13.8 Å². The molecule has 2 heterocycles. The molecular weight excluding hydrogens is 238 g/mol. The van der Waals surface area contributed by atoms with Crippen molar-refractivity contribution in [2.45, 2.75) is 46.8 Å². The van der Waals surface area contributed by atoms with Gasteiger partial charge in [-0.05, 0) is 34.7 Å². The van der Waals surface area contributed by atoms with Crippen LogP contribution in [0.15, 0.2) is 12.5 Å². The molecule has 5 nitrogen and oxygen atoms in total. The first-order valence-corrected chi connectivity index (χ1v) is 6.72. The highest BCUT2D eigenvalue weighted by atomic mass is 15.3. The Morgan fingerprint density at radius 1 is 1.32 bits per heavy atom. The second-order valence-corrected chi connectivity index (χ2v) is 5.22. The Hall–Kier alpha value is -1.62. The van der Waals surface area contributed by atoms with E-state index in [2.05, 4.69) is 52.3 Å². The molecule has 0 aliphatic heterocycles. The smallest absolute Gasteiger partial charge is 0.0951 e. The van der Waals surface area contributed by atoms with Crippen LogP contribution in [0.2, 0.25) is 0 Å². The highest BCUT2D eigenvalue weighted by Gasteiger charge is 2.13. The number of aromatic nitrogens is 4. The molecule has 1 N–H and O–H groups in total. The first-order chi connectivity index (χ1) is 9.04. The molecule has 0 radical (unpaired) electrons. The van der Waals surface area contributed by atoms with Crippen molar-refractivity contribution in [2.75, 3.05) is 7.05 Å². The molecule has 5 heteroatoms. The molecular formula is C14H23N5. The minimum absolute atomic E-state index is 0.422. The summed E-state index contributed by atoms with van der Waals surface area (Å²) in [6, 6.07) is 0.422. The fraction of sp³-hybridized carbons (Fsp3) is 0.571. The monoisotopic (exact) mass is 261 g/mol. The van der Waals surface area contributed by atoms with Gasteiger partial charge < -0.3 is 9.88 Å². The molecule has 104 valence electrons. The minimum Gasteiger partial charge on any atom is -0.330 e. The van der Waals surface area contributed by atoms with Crippen molar-refractivity contribution >= 4 is 0 Å². The lowest BCUT2D eigenvalue weighted by Gasteiger charge is -2.12. The van der Waals surface area contributed by atoms with Gasteiger partial charge in [0.1, 0.15) is 0 Å². The molecule has 0 aliphatic carbocycles. The SMILES string of the molecule is CNCc1c(C)nn(Cc2cncn2C(C)C)c1C. The van der Waals surface area contributed by atoms with Crippen LogP contribution in [0.3, 0.4) is 0 Å². The molecule has 2 aromatic heterocycles. The van der Waals surface area contributed by atoms with E-state index in [-0.39, 0.29) is 0 Å². The lowest BCUT2D eigenvalue weighted by Crippen LogP contribution is -2.11. The van der Waals surface area contributed by atoms with Gasteiger partial charge in [-0.25, -0.2) is 4.98 Å². The predicted molar refractivity (Wildman–Crippen MR) is 76.2 cm³/mol. The summed E-state index contributed by atoms with van der Waals surface area (Å²) in [5.74, 6) is 0. The van der Waals surface area contributed by atoms with Gasteiger partial charge in [-0.2, -0.15) is 5.10 Å². The maximum Gasteiger partial charge on any atom is 0.0951 e. The summed E-state index contributed by atoms with van der Waals surface area (Å²) >= 11 is 0. The molecule has 0 amide bonds. The quantitative estimate of drug-likeness (QED) is 0.896. The average molecular weight is 261 g/mol. The third kappa shape index (κ3) is 2.71. The number of nitrogens with one attached hydrogen (secondary N) is 1. The molecule has 2 rings (SSSR count). The maximum absolute atomic E-state index is 4.64. The number of nitrogens with zero attached hydrogens (tertiary/aromatic N) is 4. The Labute approximate surface area is 114 Å². The van der Waals surface area contributed by atoms with Crippen LogP contribution in [0.1, 0.15) is 42.5 Å². The van der Waals surface area contributed by atoms with E-state index in [1.807, 2.05) is 19.6 Å². The van der Waals surface area contributed by atoms with Crippen molar-refractivity contribution in [3.8, 4) is 0 Å². The Bertz CT molecular complexity index is 550. The van der Waals surface area contributed by atoms with Crippen molar-refractivity contribution in [3.05, 3.63) is 35.2 Å². The fourth-order valence-corrected chi connectivity index (χ4v) is 2.39. The summed E-state index contributed by atoms with van der Waals surface area (Å²) in [5, 5.41) is 7.84. The van der Waals surface area contributed by atoms with Crippen LogP contribution in [-0.2, 0) is 13.1 Å². The number of rotatable bonds is 5. The first kappa shape index (κ1) is 13.8. The zero-order valence-electron chi connectivity index (χ0n) is 12.4. The average Bonchev–Trinajstić information content (AvgIpc) is 2.91. The standard InChI is InChI=1S/C14H23N5/c1-10(2)18-9-16-6-13(18)8-19-12(4)14(7-15-5)11(3)17-19/h6,9-10,15H,7-8H2,1-5H3. The van der Waals surface area contributed by atoms with E-state index >= 15 is 0 Å². The van der Waals surface area contributed by atoms with E-state index in [0.29, 0.717) is 6.04 Å². The van der Waals surface area contributed by atoms with Crippen LogP contribution in [0.25, 0.3) is 0 Å². The van der Waals surface area contributed by atoms with Crippen molar-refractivity contribution < 1.29 is 0 Å². The van der Waals surface area contributed by atoms with Crippen LogP contribution in [-0.4, -0.2) is 26.4 Å². The van der Waals surface area contributed by atoms with Gasteiger partial charge in [0.05, 0.1) is 30.5 Å². The van der Waals surface area contributed by atoms with Gasteiger partial charge in [-0.15, -0.1) is 0 Å². The zero-order chi connectivity index (χ0) is 14.0. The number of hydrogen-bond donors (Lipinski definition) is 1. The third-order valence-corrected chi connectivity index (χ3v) is 3.50. The molecule has 0 bridgehead atoms. The molecule has 0 spiro atoms. The summed E-state index contributed by atoms with van der Waals surface area (Å²) < 4.78 is 4.26. The van der Waals surface area contributed by atoms with E-state index in [0.717, 1.165) is 18.8 Å². The summed E-state index contributed by atoms with van der Waals surface area (Å²) in [4.78, 5) is 4.24. The summed E-state index contributed by atoms with van der Waals surface area (Å²) in [6.45, 7) is 10.2. The van der Waals surface area contributed by atoms with Crippen molar-refractivity contribution in [1.82, 2.24) is 24.6 Å². The summed E-state index contributed by atoms with van der Waals surface area (Å²) in [5.41, 5.74) is 4.81. The maximum atomic E-state index is 4.64. The van der Waals surface area contributed by atoms with Crippen molar-refractivity contribution in [2.24, 2.45) is 0 Å². The zero-order valence-corrected chi connectivity index (χ0v) is 12.4. The van der Waals surface area contributed by atoms with Gasteiger partial charge >= 0.3 is 0 Å². The van der Waals surface area contributed by atoms with Gasteiger partial charge in [0.2, 0.25) is 0 Å². The van der Waals surface area contributed by atoms with Crippen molar-refractivity contribution in [1.29, 1.82) is 0 Å². The van der Waals surface area contributed by atoms with Gasteiger partial charge in [0.25, 0.3) is 0 Å². The molecule has 0 fully saturated rings. The molecule has 2 aromatic rings. The Balaban J connectivity index is 2.28. The Kier molecular flexibility index (Phi) is 4.04. The van der Waals surface area contributed by atoms with Gasteiger partial charge in [0.15, 0.2) is 0 Å². The van der Waals surface area contributed by atoms with Crippen LogP contribution < -0.4 is 5.32 Å². The van der Waals surface area contributed by atoms with E-state index in [1.54, 1.807) is 0 Å². The molecule has 19 heavy (non-hydrogen) atoms. The second kappa shape index (κ2) is 5.57. The third-order valence-electron chi connectivity index (χ3n) is 3.50. The Morgan fingerprint density at radius 3 is 2.68 bits per heavy atom. The largest absolute Gasteiger partial charge is 0.330 e. The summed E-state index contributed by atoms with van der Waals surface area (Å²) in [7, 11) is 1.96. The highest BCUT2D eigenvalue weighted by Crippen LogP contribution is 2.16. The van der Waals surface area contributed by atoms with Crippen LogP contribution >= 0.6 is 0 Å². The topological polar surface area (TPSA) is 47.7 Å². The second-order valence-electron chi connectivity index (χ2n) is 5.22. The van der Waals surface area contributed by atoms with Crippen molar-refractivity contribution in [3.63, 3.8) is 0 Å². The predicted octanol–water partition coefficient (Wildman–Crippen LogP) is 2.05. The lowest BCUT2D eigenvalue weighted by molar-refractivity contribution is 0.542. The Morgan fingerprint density at radius 2 is 2.05 bits per heavy atom. The lowest BCUT2D eigenvalue weighted by atomic mass is 10.2. The van der Waals surface area contributed by atoms with Gasteiger partial charge in [-0.3, -0.25) is 4.68 Å². The molecule has 0 atom stereocenters. The van der Waals surface area contributed by atoms with Gasteiger partial charge in [0, 0.05) is 23.8 Å². The summed E-state index contributed by atoms with van der Waals surface area (Å²) in [6.07, 6.45) is 3.81. The molecule has 0 saturated carbocycles. The number of hydrogen-bond acceptors (Lipinski definition) is 3. The number of aryl methyl sites for hydroxylation is 1. The molecule has 0 saturated heterocycles. The molecule has 0 aliphatic rings. The molecule has 0 unspecified atom stereocenters.